The molecule has 17 heavy (non-hydrogen) atoms. The second kappa shape index (κ2) is 6.40. The van der Waals surface area contributed by atoms with Gasteiger partial charge in [0, 0.05) is 26.1 Å². The number of rotatable bonds is 5. The zero-order valence-electron chi connectivity index (χ0n) is 11.2. The smallest absolute Gasteiger partial charge is 0.226 e. The maximum Gasteiger partial charge on any atom is 0.226 e. The fourth-order valence-corrected chi connectivity index (χ4v) is 1.81. The molecule has 1 aromatic rings. The van der Waals surface area contributed by atoms with Crippen molar-refractivity contribution >= 4 is 5.91 Å². The molecule has 1 amide bonds. The van der Waals surface area contributed by atoms with Gasteiger partial charge in [-0.3, -0.25) is 4.79 Å². The lowest BCUT2D eigenvalue weighted by atomic mass is 10.1. The minimum Gasteiger partial charge on any atom is -0.341 e. The Morgan fingerprint density at radius 1 is 1.35 bits per heavy atom. The van der Waals surface area contributed by atoms with Crippen molar-refractivity contribution in [3.63, 3.8) is 0 Å². The van der Waals surface area contributed by atoms with Crippen LogP contribution in [0.3, 0.4) is 0 Å². The molecule has 0 aromatic heterocycles. The molecule has 0 radical (unpaired) electrons. The molecule has 94 valence electrons. The van der Waals surface area contributed by atoms with E-state index in [1.165, 1.54) is 11.1 Å². The number of nitrogens with one attached hydrogen (secondary N) is 1. The zero-order valence-corrected chi connectivity index (χ0v) is 11.2. The molecule has 0 aliphatic rings. The number of hydrogen-bond donors (Lipinski definition) is 1. The minimum absolute atomic E-state index is 0.0236. The Morgan fingerprint density at radius 2 is 1.94 bits per heavy atom. The number of amides is 1. The van der Waals surface area contributed by atoms with Gasteiger partial charge in [0.1, 0.15) is 0 Å². The van der Waals surface area contributed by atoms with Crippen LogP contribution in [0.5, 0.6) is 0 Å². The maximum atomic E-state index is 12.0. The van der Waals surface area contributed by atoms with Crippen LogP contribution in [0, 0.1) is 12.8 Å². The van der Waals surface area contributed by atoms with Crippen LogP contribution >= 0.6 is 0 Å². The van der Waals surface area contributed by atoms with Crippen molar-refractivity contribution in [3.05, 3.63) is 35.4 Å². The van der Waals surface area contributed by atoms with Crippen LogP contribution in [-0.2, 0) is 11.3 Å². The van der Waals surface area contributed by atoms with Gasteiger partial charge in [-0.1, -0.05) is 36.8 Å². The third-order valence-electron chi connectivity index (χ3n) is 2.85. The minimum atomic E-state index is 0.0236. The first-order valence-electron chi connectivity index (χ1n) is 5.99. The number of aryl methyl sites for hydroxylation is 1. The molecule has 0 heterocycles. The summed E-state index contributed by atoms with van der Waals surface area (Å²) >= 11 is 0. The first kappa shape index (κ1) is 13.7. The quantitative estimate of drug-likeness (QED) is 0.842. The molecule has 0 bridgehead atoms. The molecule has 0 aliphatic heterocycles. The maximum absolute atomic E-state index is 12.0. The Morgan fingerprint density at radius 3 is 2.47 bits per heavy atom. The molecule has 0 aliphatic carbocycles. The number of carbonyl (C=O) groups excluding carboxylic acids is 1. The number of benzene rings is 1. The highest BCUT2D eigenvalue weighted by atomic mass is 16.2. The Kier molecular flexibility index (Phi) is 5.16. The van der Waals surface area contributed by atoms with Gasteiger partial charge in [0.15, 0.2) is 0 Å². The predicted octanol–water partition coefficient (Wildman–Crippen LogP) is 1.81. The Labute approximate surface area is 104 Å². The molecular formula is C14H22N2O. The van der Waals surface area contributed by atoms with Gasteiger partial charge in [-0.25, -0.2) is 0 Å². The monoisotopic (exact) mass is 234 g/mol. The lowest BCUT2D eigenvalue weighted by molar-refractivity contribution is -0.134. The molecular weight excluding hydrogens is 212 g/mol. The van der Waals surface area contributed by atoms with E-state index in [0.717, 1.165) is 6.54 Å². The van der Waals surface area contributed by atoms with E-state index in [1.807, 2.05) is 21.0 Å². The molecule has 1 rings (SSSR count). The molecule has 3 nitrogen and oxygen atoms in total. The number of hydrogen-bond acceptors (Lipinski definition) is 2. The number of carbonyl (C=O) groups is 1. The van der Waals surface area contributed by atoms with Crippen molar-refractivity contribution in [2.24, 2.45) is 5.92 Å². The highest BCUT2D eigenvalue weighted by Crippen LogP contribution is 2.08. The summed E-state index contributed by atoms with van der Waals surface area (Å²) in [7, 11) is 3.72. The average molecular weight is 234 g/mol. The van der Waals surface area contributed by atoms with Crippen molar-refractivity contribution in [3.8, 4) is 0 Å². The van der Waals surface area contributed by atoms with Crippen LogP contribution in [0.4, 0.5) is 0 Å². The standard InChI is InChI=1S/C14H22N2O/c1-11-5-7-13(8-6-11)10-16(4)14(17)12(2)9-15-3/h5-8,12,15H,9-10H2,1-4H3. The van der Waals surface area contributed by atoms with E-state index in [1.54, 1.807) is 4.90 Å². The summed E-state index contributed by atoms with van der Waals surface area (Å²) in [6.07, 6.45) is 0. The SMILES string of the molecule is CNCC(C)C(=O)N(C)Cc1ccc(C)cc1. The fraction of sp³-hybridized carbons (Fsp3) is 0.500. The zero-order chi connectivity index (χ0) is 12.8. The van der Waals surface area contributed by atoms with Crippen LogP contribution < -0.4 is 5.32 Å². The molecule has 0 fully saturated rings. The van der Waals surface area contributed by atoms with Gasteiger partial charge in [-0.15, -0.1) is 0 Å². The molecule has 1 unspecified atom stereocenters. The third-order valence-corrected chi connectivity index (χ3v) is 2.85. The van der Waals surface area contributed by atoms with Gasteiger partial charge in [-0.05, 0) is 19.5 Å². The summed E-state index contributed by atoms with van der Waals surface area (Å²) in [5.74, 6) is 0.204. The topological polar surface area (TPSA) is 32.3 Å². The Bertz CT molecular complexity index is 359. The van der Waals surface area contributed by atoms with Crippen molar-refractivity contribution in [2.45, 2.75) is 20.4 Å². The van der Waals surface area contributed by atoms with Gasteiger partial charge in [0.05, 0.1) is 0 Å². The predicted molar refractivity (Wildman–Crippen MR) is 70.7 cm³/mol. The van der Waals surface area contributed by atoms with E-state index in [2.05, 4.69) is 36.5 Å². The average Bonchev–Trinajstić information content (AvgIpc) is 2.31. The van der Waals surface area contributed by atoms with Crippen LogP contribution in [0.2, 0.25) is 0 Å². The first-order chi connectivity index (χ1) is 8.04. The highest BCUT2D eigenvalue weighted by Gasteiger charge is 2.16. The second-order valence-corrected chi connectivity index (χ2v) is 4.64. The van der Waals surface area contributed by atoms with E-state index in [4.69, 9.17) is 0 Å². The summed E-state index contributed by atoms with van der Waals surface area (Å²) in [6.45, 7) is 5.41. The largest absolute Gasteiger partial charge is 0.341 e. The Hall–Kier alpha value is -1.35. The Balaban J connectivity index is 2.56. The van der Waals surface area contributed by atoms with Crippen LogP contribution in [0.15, 0.2) is 24.3 Å². The second-order valence-electron chi connectivity index (χ2n) is 4.64. The van der Waals surface area contributed by atoms with E-state index in [-0.39, 0.29) is 11.8 Å². The third kappa shape index (κ3) is 4.19. The van der Waals surface area contributed by atoms with Gasteiger partial charge in [0.2, 0.25) is 5.91 Å². The molecule has 1 N–H and O–H groups in total. The van der Waals surface area contributed by atoms with Crippen molar-refractivity contribution in [1.82, 2.24) is 10.2 Å². The van der Waals surface area contributed by atoms with Gasteiger partial charge in [-0.2, -0.15) is 0 Å². The van der Waals surface area contributed by atoms with Crippen LogP contribution in [0.1, 0.15) is 18.1 Å². The highest BCUT2D eigenvalue weighted by molar-refractivity contribution is 5.78. The fourth-order valence-electron chi connectivity index (χ4n) is 1.81. The van der Waals surface area contributed by atoms with E-state index < -0.39 is 0 Å². The van der Waals surface area contributed by atoms with E-state index >= 15 is 0 Å². The molecule has 1 atom stereocenters. The lowest BCUT2D eigenvalue weighted by Gasteiger charge is -2.21. The molecule has 0 saturated heterocycles. The van der Waals surface area contributed by atoms with Crippen molar-refractivity contribution < 1.29 is 4.79 Å². The van der Waals surface area contributed by atoms with Crippen molar-refractivity contribution in [2.75, 3.05) is 20.6 Å². The van der Waals surface area contributed by atoms with E-state index in [9.17, 15) is 4.79 Å². The summed E-state index contributed by atoms with van der Waals surface area (Å²) in [6, 6.07) is 8.29. The van der Waals surface area contributed by atoms with Gasteiger partial charge >= 0.3 is 0 Å². The summed E-state index contributed by atoms with van der Waals surface area (Å²) in [5.41, 5.74) is 2.41. The molecule has 1 aromatic carbocycles. The number of nitrogens with zero attached hydrogens (tertiary/aromatic N) is 1. The van der Waals surface area contributed by atoms with E-state index in [0.29, 0.717) is 6.54 Å². The normalized spacial score (nSPS) is 12.2. The van der Waals surface area contributed by atoms with Gasteiger partial charge < -0.3 is 10.2 Å². The first-order valence-corrected chi connectivity index (χ1v) is 5.99. The van der Waals surface area contributed by atoms with Gasteiger partial charge in [0.25, 0.3) is 0 Å². The summed E-state index contributed by atoms with van der Waals surface area (Å²) in [4.78, 5) is 13.8. The molecule has 0 spiro atoms. The van der Waals surface area contributed by atoms with Crippen LogP contribution in [0.25, 0.3) is 0 Å². The molecule has 0 saturated carbocycles. The molecule has 3 heteroatoms. The lowest BCUT2D eigenvalue weighted by Crippen LogP contribution is -2.35. The van der Waals surface area contributed by atoms with Crippen molar-refractivity contribution in [1.29, 1.82) is 0 Å². The van der Waals surface area contributed by atoms with Crippen LogP contribution in [-0.4, -0.2) is 31.4 Å². The summed E-state index contributed by atoms with van der Waals surface area (Å²) < 4.78 is 0. The summed E-state index contributed by atoms with van der Waals surface area (Å²) in [5, 5.41) is 3.03.